The fourth-order valence-electron chi connectivity index (χ4n) is 3.24. The Morgan fingerprint density at radius 2 is 2.10 bits per heavy atom. The number of nitrogens with one attached hydrogen (secondary N) is 1. The van der Waals surface area contributed by atoms with E-state index < -0.39 is 0 Å². The highest BCUT2D eigenvalue weighted by atomic mass is 16.4. The van der Waals surface area contributed by atoms with Gasteiger partial charge in [-0.25, -0.2) is 4.98 Å². The van der Waals surface area contributed by atoms with Gasteiger partial charge in [0.05, 0.1) is 6.20 Å². The van der Waals surface area contributed by atoms with Crippen molar-refractivity contribution in [2.75, 3.05) is 0 Å². The van der Waals surface area contributed by atoms with Crippen LogP contribution in [0.5, 0.6) is 5.75 Å². The zero-order chi connectivity index (χ0) is 13.9. The summed E-state index contributed by atoms with van der Waals surface area (Å²) in [4.78, 5) is 7.63. The predicted octanol–water partition coefficient (Wildman–Crippen LogP) is 3.86. The molecule has 0 radical (unpaired) electrons. The van der Waals surface area contributed by atoms with E-state index in [1.54, 1.807) is 0 Å². The first-order chi connectivity index (χ1) is 9.85. The third-order valence-electron chi connectivity index (χ3n) is 4.10. The normalized spacial score (nSPS) is 13.8. The molecule has 0 aliphatic carbocycles. The molecule has 2 aromatic rings. The van der Waals surface area contributed by atoms with Crippen LogP contribution >= 0.6 is 0 Å². The molecule has 3 nitrogen and oxygen atoms in total. The molecule has 0 saturated heterocycles. The van der Waals surface area contributed by atoms with E-state index >= 15 is 0 Å². The first kappa shape index (κ1) is 13.3. The van der Waals surface area contributed by atoms with Gasteiger partial charge in [0.15, 0.2) is 0 Å². The lowest BCUT2D eigenvalue weighted by molar-refractivity contribution is 0.535. The van der Waals surface area contributed by atoms with Crippen LogP contribution in [0.25, 0.3) is 16.6 Å². The molecule has 0 unspecified atom stereocenters. The largest absolute Gasteiger partial charge is 0.558 e. The zero-order valence-corrected chi connectivity index (χ0v) is 12.3. The number of allylic oxidation sites excluding steroid dienone is 1. The van der Waals surface area contributed by atoms with Gasteiger partial charge in [0, 0.05) is 17.1 Å². The number of aromatic nitrogens is 2. The van der Waals surface area contributed by atoms with Gasteiger partial charge >= 0.3 is 7.48 Å². The lowest BCUT2D eigenvalue weighted by Crippen LogP contribution is -2.14. The summed E-state index contributed by atoms with van der Waals surface area (Å²) in [7, 11) is 0.671. The van der Waals surface area contributed by atoms with Crippen molar-refractivity contribution in [3.8, 4) is 5.75 Å². The monoisotopic (exact) mass is 268 g/mol. The van der Waals surface area contributed by atoms with Gasteiger partial charge in [-0.05, 0) is 30.4 Å². The number of aromatic amines is 1. The van der Waals surface area contributed by atoms with E-state index in [1.165, 1.54) is 42.2 Å². The first-order valence-electron chi connectivity index (χ1n) is 7.64. The van der Waals surface area contributed by atoms with E-state index in [4.69, 9.17) is 4.65 Å². The van der Waals surface area contributed by atoms with Crippen LogP contribution < -0.4 is 4.65 Å². The zero-order valence-electron chi connectivity index (χ0n) is 12.3. The molecule has 0 aromatic carbocycles. The fourth-order valence-corrected chi connectivity index (χ4v) is 3.24. The Kier molecular flexibility index (Phi) is 3.81. The van der Waals surface area contributed by atoms with E-state index in [0.717, 1.165) is 11.4 Å². The van der Waals surface area contributed by atoms with Crippen LogP contribution in [-0.4, -0.2) is 17.5 Å². The molecule has 0 saturated carbocycles. The Bertz CT molecular complexity index is 626. The first-order valence-corrected chi connectivity index (χ1v) is 7.64. The van der Waals surface area contributed by atoms with Crippen molar-refractivity contribution in [1.29, 1.82) is 0 Å². The average molecular weight is 268 g/mol. The van der Waals surface area contributed by atoms with Crippen molar-refractivity contribution in [2.24, 2.45) is 5.92 Å². The Morgan fingerprint density at radius 1 is 1.30 bits per heavy atom. The van der Waals surface area contributed by atoms with E-state index in [2.05, 4.69) is 35.9 Å². The standard InChI is InChI=1S/C16H21BN2O/c1-3-5-11(6-4-2)13-9-17-20-14-10-19-16-12(15(13)14)7-8-18-16/h7-11,17H,3-6H2,1-2H3,(H,18,19). The van der Waals surface area contributed by atoms with E-state index in [1.807, 2.05) is 12.4 Å². The van der Waals surface area contributed by atoms with Crippen molar-refractivity contribution < 1.29 is 4.65 Å². The van der Waals surface area contributed by atoms with E-state index in [-0.39, 0.29) is 0 Å². The Labute approximate surface area is 120 Å². The maximum absolute atomic E-state index is 5.78. The molecule has 1 aliphatic rings. The fraction of sp³-hybridized carbons (Fsp3) is 0.438. The number of H-pyrrole nitrogens is 1. The molecule has 0 atom stereocenters. The van der Waals surface area contributed by atoms with Gasteiger partial charge in [0.2, 0.25) is 0 Å². The SMILES string of the molecule is CCCC(CCC)C1=CBOc2cnc3[nH]ccc3c21. The molecule has 4 heteroatoms. The number of pyridine rings is 1. The van der Waals surface area contributed by atoms with Crippen LogP contribution in [0.4, 0.5) is 0 Å². The van der Waals surface area contributed by atoms with Gasteiger partial charge in [0.25, 0.3) is 0 Å². The minimum atomic E-state index is 0.633. The second-order valence-corrected chi connectivity index (χ2v) is 5.48. The molecule has 0 spiro atoms. The van der Waals surface area contributed by atoms with Crippen LogP contribution in [0, 0.1) is 5.92 Å². The second-order valence-electron chi connectivity index (χ2n) is 5.48. The maximum atomic E-state index is 5.78. The smallest absolute Gasteiger partial charge is 0.367 e. The molecule has 0 fully saturated rings. The number of rotatable bonds is 5. The molecule has 0 amide bonds. The Balaban J connectivity index is 2.09. The van der Waals surface area contributed by atoms with Crippen molar-refractivity contribution in [3.05, 3.63) is 30.0 Å². The summed E-state index contributed by atoms with van der Waals surface area (Å²) in [6.45, 7) is 4.53. The summed E-state index contributed by atoms with van der Waals surface area (Å²) < 4.78 is 5.78. The van der Waals surface area contributed by atoms with Crippen molar-refractivity contribution in [1.82, 2.24) is 9.97 Å². The van der Waals surface area contributed by atoms with Crippen LogP contribution in [-0.2, 0) is 0 Å². The molecule has 0 bridgehead atoms. The average Bonchev–Trinajstić information content (AvgIpc) is 2.95. The molecule has 3 heterocycles. The number of hydrogen-bond donors (Lipinski definition) is 1. The summed E-state index contributed by atoms with van der Waals surface area (Å²) in [5.41, 5.74) is 3.67. The predicted molar refractivity (Wildman–Crippen MR) is 85.2 cm³/mol. The molecule has 20 heavy (non-hydrogen) atoms. The summed E-state index contributed by atoms with van der Waals surface area (Å²) in [6, 6.07) is 2.11. The van der Waals surface area contributed by atoms with Crippen molar-refractivity contribution in [2.45, 2.75) is 39.5 Å². The summed E-state index contributed by atoms with van der Waals surface area (Å²) in [5, 5.41) is 1.19. The lowest BCUT2D eigenvalue weighted by Gasteiger charge is -2.25. The van der Waals surface area contributed by atoms with Crippen LogP contribution in [0.15, 0.2) is 24.4 Å². The highest BCUT2D eigenvalue weighted by Crippen LogP contribution is 2.40. The number of hydrogen-bond acceptors (Lipinski definition) is 2. The molecule has 1 aliphatic heterocycles. The Morgan fingerprint density at radius 3 is 2.85 bits per heavy atom. The second kappa shape index (κ2) is 5.74. The quantitative estimate of drug-likeness (QED) is 0.836. The number of nitrogens with zero attached hydrogens (tertiary/aromatic N) is 1. The third-order valence-corrected chi connectivity index (χ3v) is 4.10. The van der Waals surface area contributed by atoms with Gasteiger partial charge in [-0.1, -0.05) is 32.7 Å². The van der Waals surface area contributed by atoms with Crippen LogP contribution in [0.2, 0.25) is 0 Å². The highest BCUT2D eigenvalue weighted by Gasteiger charge is 2.24. The molecule has 104 valence electrons. The third kappa shape index (κ3) is 2.24. The highest BCUT2D eigenvalue weighted by molar-refractivity contribution is 6.39. The summed E-state index contributed by atoms with van der Waals surface area (Å²) in [6.07, 6.45) is 8.74. The van der Waals surface area contributed by atoms with Gasteiger partial charge in [0.1, 0.15) is 11.4 Å². The lowest BCUT2D eigenvalue weighted by atomic mass is 9.78. The summed E-state index contributed by atoms with van der Waals surface area (Å²) >= 11 is 0. The maximum Gasteiger partial charge on any atom is 0.367 e. The molecule has 3 rings (SSSR count). The minimum absolute atomic E-state index is 0.633. The minimum Gasteiger partial charge on any atom is -0.558 e. The molecular formula is C16H21BN2O. The van der Waals surface area contributed by atoms with E-state index in [0.29, 0.717) is 13.4 Å². The van der Waals surface area contributed by atoms with Crippen molar-refractivity contribution >= 4 is 24.1 Å². The van der Waals surface area contributed by atoms with Gasteiger partial charge in [-0.2, -0.15) is 0 Å². The van der Waals surface area contributed by atoms with Gasteiger partial charge in [-0.3, -0.25) is 0 Å². The Hall–Kier alpha value is -1.71. The molecule has 2 aromatic heterocycles. The molecule has 1 N–H and O–H groups in total. The van der Waals surface area contributed by atoms with Gasteiger partial charge in [-0.15, -0.1) is 0 Å². The van der Waals surface area contributed by atoms with Crippen LogP contribution in [0.1, 0.15) is 45.1 Å². The summed E-state index contributed by atoms with van der Waals surface area (Å²) in [5.74, 6) is 3.84. The van der Waals surface area contributed by atoms with Crippen LogP contribution in [0.3, 0.4) is 0 Å². The number of fused-ring (bicyclic) bond motifs is 3. The van der Waals surface area contributed by atoms with Crippen molar-refractivity contribution in [3.63, 3.8) is 0 Å². The van der Waals surface area contributed by atoms with Gasteiger partial charge < -0.3 is 9.64 Å². The molecular weight excluding hydrogens is 247 g/mol. The topological polar surface area (TPSA) is 37.9 Å². The van der Waals surface area contributed by atoms with E-state index in [9.17, 15) is 0 Å².